The Morgan fingerprint density at radius 3 is 2.38 bits per heavy atom. The lowest BCUT2D eigenvalue weighted by atomic mass is 10.1. The zero-order chi connectivity index (χ0) is 20.5. The van der Waals surface area contributed by atoms with Crippen molar-refractivity contribution in [2.24, 2.45) is 7.05 Å². The minimum Gasteiger partial charge on any atom is -0.326 e. The van der Waals surface area contributed by atoms with Gasteiger partial charge in [0.2, 0.25) is 5.91 Å². The van der Waals surface area contributed by atoms with Gasteiger partial charge in [0.1, 0.15) is 0 Å². The fraction of sp³-hybridized carbons (Fsp3) is 0.182. The number of hydrogen-bond acceptors (Lipinski definition) is 4. The van der Waals surface area contributed by atoms with Gasteiger partial charge < -0.3 is 9.88 Å². The SMILES string of the molecule is Cc1ncn(-c2ccc(NC(=O)Cc3nn(C)c(=O)c4ccccc34)cc2)c1C. The van der Waals surface area contributed by atoms with Crippen molar-refractivity contribution in [2.75, 3.05) is 5.32 Å². The largest absolute Gasteiger partial charge is 0.326 e. The van der Waals surface area contributed by atoms with E-state index >= 15 is 0 Å². The smallest absolute Gasteiger partial charge is 0.274 e. The predicted octanol–water partition coefficient (Wildman–Crippen LogP) is 2.92. The van der Waals surface area contributed by atoms with E-state index in [0.717, 1.165) is 17.1 Å². The molecule has 4 aromatic rings. The first-order valence-corrected chi connectivity index (χ1v) is 9.30. The number of fused-ring (bicyclic) bond motifs is 1. The Kier molecular flexibility index (Phi) is 4.72. The van der Waals surface area contributed by atoms with Gasteiger partial charge in [-0.2, -0.15) is 5.10 Å². The van der Waals surface area contributed by atoms with Crippen LogP contribution in [0.2, 0.25) is 0 Å². The van der Waals surface area contributed by atoms with Crippen LogP contribution in [0.3, 0.4) is 0 Å². The molecule has 4 rings (SSSR count). The molecule has 2 aromatic carbocycles. The number of aryl methyl sites for hydroxylation is 2. The molecule has 0 aliphatic heterocycles. The van der Waals surface area contributed by atoms with Crippen LogP contribution in [0.5, 0.6) is 0 Å². The van der Waals surface area contributed by atoms with Crippen LogP contribution in [0.4, 0.5) is 5.69 Å². The summed E-state index contributed by atoms with van der Waals surface area (Å²) in [4.78, 5) is 29.1. The number of hydrogen-bond donors (Lipinski definition) is 1. The third kappa shape index (κ3) is 3.54. The number of rotatable bonds is 4. The van der Waals surface area contributed by atoms with Crippen LogP contribution < -0.4 is 10.9 Å². The van der Waals surface area contributed by atoms with E-state index in [1.807, 2.05) is 54.8 Å². The Labute approximate surface area is 167 Å². The molecule has 2 aromatic heterocycles. The summed E-state index contributed by atoms with van der Waals surface area (Å²) in [5.74, 6) is -0.191. The van der Waals surface area contributed by atoms with Crippen LogP contribution in [0, 0.1) is 13.8 Å². The molecule has 1 amide bonds. The quantitative estimate of drug-likeness (QED) is 0.584. The van der Waals surface area contributed by atoms with Crippen molar-refractivity contribution < 1.29 is 4.79 Å². The second kappa shape index (κ2) is 7.35. The molecule has 0 aliphatic rings. The summed E-state index contributed by atoms with van der Waals surface area (Å²) in [5, 5.41) is 8.44. The molecule has 7 heteroatoms. The fourth-order valence-corrected chi connectivity index (χ4v) is 3.33. The van der Waals surface area contributed by atoms with Gasteiger partial charge in [-0.25, -0.2) is 9.67 Å². The minimum atomic E-state index is -0.191. The monoisotopic (exact) mass is 387 g/mol. The van der Waals surface area contributed by atoms with Crippen LogP contribution in [-0.2, 0) is 18.3 Å². The van der Waals surface area contributed by atoms with Gasteiger partial charge >= 0.3 is 0 Å². The number of carbonyl (C=O) groups excluding carboxylic acids is 1. The van der Waals surface area contributed by atoms with Crippen LogP contribution in [-0.4, -0.2) is 25.2 Å². The topological polar surface area (TPSA) is 81.8 Å². The summed E-state index contributed by atoms with van der Waals surface area (Å²) < 4.78 is 3.27. The average molecular weight is 387 g/mol. The van der Waals surface area contributed by atoms with E-state index < -0.39 is 0 Å². The molecule has 0 fully saturated rings. The molecule has 0 unspecified atom stereocenters. The molecule has 0 bridgehead atoms. The molecule has 29 heavy (non-hydrogen) atoms. The summed E-state index contributed by atoms with van der Waals surface area (Å²) >= 11 is 0. The van der Waals surface area contributed by atoms with E-state index in [2.05, 4.69) is 15.4 Å². The van der Waals surface area contributed by atoms with Gasteiger partial charge in [0.15, 0.2) is 0 Å². The fourth-order valence-electron chi connectivity index (χ4n) is 3.33. The van der Waals surface area contributed by atoms with Gasteiger partial charge in [-0.15, -0.1) is 0 Å². The first kappa shape index (κ1) is 18.6. The number of amides is 1. The maximum atomic E-state index is 12.6. The van der Waals surface area contributed by atoms with Crippen molar-refractivity contribution >= 4 is 22.4 Å². The van der Waals surface area contributed by atoms with Crippen molar-refractivity contribution in [1.82, 2.24) is 19.3 Å². The molecule has 0 saturated heterocycles. The third-order valence-corrected chi connectivity index (χ3v) is 5.04. The minimum absolute atomic E-state index is 0.0796. The summed E-state index contributed by atoms with van der Waals surface area (Å²) in [7, 11) is 1.59. The Morgan fingerprint density at radius 1 is 1.03 bits per heavy atom. The number of imidazole rings is 1. The van der Waals surface area contributed by atoms with Crippen LogP contribution in [0.25, 0.3) is 16.5 Å². The molecule has 2 heterocycles. The molecule has 146 valence electrons. The molecule has 0 radical (unpaired) electrons. The molecule has 0 aliphatic carbocycles. The number of aromatic nitrogens is 4. The van der Waals surface area contributed by atoms with Crippen LogP contribution in [0.1, 0.15) is 17.1 Å². The molecule has 0 spiro atoms. The molecule has 7 nitrogen and oxygen atoms in total. The van der Waals surface area contributed by atoms with Gasteiger partial charge in [0.05, 0.1) is 29.5 Å². The first-order valence-electron chi connectivity index (χ1n) is 9.30. The molecular formula is C22H21N5O2. The van der Waals surface area contributed by atoms with Gasteiger partial charge in [-0.05, 0) is 44.2 Å². The molecular weight excluding hydrogens is 366 g/mol. The van der Waals surface area contributed by atoms with E-state index in [4.69, 9.17) is 0 Å². The molecule has 1 N–H and O–H groups in total. The highest BCUT2D eigenvalue weighted by Crippen LogP contribution is 2.18. The van der Waals surface area contributed by atoms with Gasteiger partial charge in [0, 0.05) is 29.5 Å². The van der Waals surface area contributed by atoms with Crippen LogP contribution in [0.15, 0.2) is 59.7 Å². The maximum absolute atomic E-state index is 12.6. The van der Waals surface area contributed by atoms with Crippen molar-refractivity contribution in [3.05, 3.63) is 82.3 Å². The first-order chi connectivity index (χ1) is 13.9. The zero-order valence-electron chi connectivity index (χ0n) is 16.5. The van der Waals surface area contributed by atoms with Crippen molar-refractivity contribution in [3.63, 3.8) is 0 Å². The van der Waals surface area contributed by atoms with Crippen LogP contribution >= 0.6 is 0 Å². The normalized spacial score (nSPS) is 11.0. The lowest BCUT2D eigenvalue weighted by molar-refractivity contribution is -0.115. The number of carbonyl (C=O) groups is 1. The second-order valence-electron chi connectivity index (χ2n) is 6.98. The van der Waals surface area contributed by atoms with Crippen molar-refractivity contribution in [2.45, 2.75) is 20.3 Å². The highest BCUT2D eigenvalue weighted by Gasteiger charge is 2.13. The summed E-state index contributed by atoms with van der Waals surface area (Å²) in [6, 6.07) is 14.8. The number of nitrogens with one attached hydrogen (secondary N) is 1. The second-order valence-corrected chi connectivity index (χ2v) is 6.98. The highest BCUT2D eigenvalue weighted by molar-refractivity contribution is 5.95. The maximum Gasteiger partial charge on any atom is 0.274 e. The van der Waals surface area contributed by atoms with Gasteiger partial charge in [-0.3, -0.25) is 9.59 Å². The van der Waals surface area contributed by atoms with E-state index in [-0.39, 0.29) is 17.9 Å². The summed E-state index contributed by atoms with van der Waals surface area (Å²) in [6.45, 7) is 3.99. The number of anilines is 1. The predicted molar refractivity (Wildman–Crippen MR) is 112 cm³/mol. The standard InChI is InChI=1S/C22H21N5O2/c1-14-15(2)27(13-23-14)17-10-8-16(9-11-17)24-21(28)12-20-18-6-4-5-7-19(18)22(29)26(3)25-20/h4-11,13H,12H2,1-3H3,(H,24,28). The molecule has 0 saturated carbocycles. The van der Waals surface area contributed by atoms with Crippen molar-refractivity contribution in [1.29, 1.82) is 0 Å². The van der Waals surface area contributed by atoms with E-state index in [1.165, 1.54) is 4.68 Å². The lowest BCUT2D eigenvalue weighted by Crippen LogP contribution is -2.24. The van der Waals surface area contributed by atoms with E-state index in [9.17, 15) is 9.59 Å². The highest BCUT2D eigenvalue weighted by atomic mass is 16.1. The van der Waals surface area contributed by atoms with E-state index in [1.54, 1.807) is 25.5 Å². The lowest BCUT2D eigenvalue weighted by Gasteiger charge is -2.10. The Bertz CT molecular complexity index is 1270. The van der Waals surface area contributed by atoms with Gasteiger partial charge in [0.25, 0.3) is 5.56 Å². The average Bonchev–Trinajstić information content (AvgIpc) is 3.05. The molecule has 0 atom stereocenters. The summed E-state index contributed by atoms with van der Waals surface area (Å²) in [5.41, 5.74) is 4.13. The Hall–Kier alpha value is -3.74. The third-order valence-electron chi connectivity index (χ3n) is 5.04. The summed E-state index contributed by atoms with van der Waals surface area (Å²) in [6.07, 6.45) is 1.87. The number of benzene rings is 2. The Morgan fingerprint density at radius 2 is 1.72 bits per heavy atom. The number of nitrogens with zero attached hydrogens (tertiary/aromatic N) is 4. The zero-order valence-corrected chi connectivity index (χ0v) is 16.5. The van der Waals surface area contributed by atoms with Gasteiger partial charge in [-0.1, -0.05) is 18.2 Å². The Balaban J connectivity index is 1.54. The van der Waals surface area contributed by atoms with E-state index in [0.29, 0.717) is 22.2 Å². The van der Waals surface area contributed by atoms with Crippen molar-refractivity contribution in [3.8, 4) is 5.69 Å².